The van der Waals surface area contributed by atoms with Crippen molar-refractivity contribution in [2.24, 2.45) is 4.99 Å². The number of likely N-dealkylation sites (N-methyl/N-ethyl adjacent to an activating group) is 1. The maximum Gasteiger partial charge on any atom is 0.191 e. The summed E-state index contributed by atoms with van der Waals surface area (Å²) < 4.78 is 0. The molecule has 3 rings (SSSR count). The van der Waals surface area contributed by atoms with Gasteiger partial charge in [-0.15, -0.1) is 35.3 Å². The van der Waals surface area contributed by atoms with E-state index in [0.29, 0.717) is 12.1 Å². The minimum atomic E-state index is 0. The first-order valence-electron chi connectivity index (χ1n) is 10.1. The number of guanidine groups is 1. The lowest BCUT2D eigenvalue weighted by Gasteiger charge is -2.34. The fourth-order valence-corrected chi connectivity index (χ4v) is 4.41. The van der Waals surface area contributed by atoms with Crippen LogP contribution in [0.1, 0.15) is 18.4 Å². The van der Waals surface area contributed by atoms with Crippen LogP contribution in [0.5, 0.6) is 0 Å². The lowest BCUT2D eigenvalue weighted by atomic mass is 10.0. The Kier molecular flexibility index (Phi) is 10.2. The number of hydrogen-bond donors (Lipinski definition) is 2. The van der Waals surface area contributed by atoms with Crippen molar-refractivity contribution in [1.82, 2.24) is 15.5 Å². The highest BCUT2D eigenvalue weighted by Crippen LogP contribution is 2.24. The highest BCUT2D eigenvalue weighted by molar-refractivity contribution is 14.0. The quantitative estimate of drug-likeness (QED) is 0.328. The van der Waals surface area contributed by atoms with E-state index in [2.05, 4.69) is 87.4 Å². The van der Waals surface area contributed by atoms with Gasteiger partial charge in [0.2, 0.25) is 0 Å². The molecule has 5 nitrogen and oxygen atoms in total. The van der Waals surface area contributed by atoms with Gasteiger partial charge in [0.15, 0.2) is 5.96 Å². The molecule has 1 saturated heterocycles. The molecule has 1 aliphatic rings. The van der Waals surface area contributed by atoms with E-state index in [1.165, 1.54) is 10.6 Å². The topological polar surface area (TPSA) is 42.9 Å². The monoisotopic (exact) mass is 527 g/mol. The van der Waals surface area contributed by atoms with Crippen molar-refractivity contribution < 1.29 is 0 Å². The summed E-state index contributed by atoms with van der Waals surface area (Å²) in [6, 6.07) is 15.9. The van der Waals surface area contributed by atoms with Crippen LogP contribution in [-0.4, -0.2) is 63.7 Å². The van der Waals surface area contributed by atoms with Gasteiger partial charge in [0.1, 0.15) is 0 Å². The lowest BCUT2D eigenvalue weighted by molar-refractivity contribution is 0.290. The van der Waals surface area contributed by atoms with Crippen molar-refractivity contribution in [1.29, 1.82) is 0 Å². The van der Waals surface area contributed by atoms with Gasteiger partial charge in [0.05, 0.1) is 5.00 Å². The Balaban J connectivity index is 0.00000300. The highest BCUT2D eigenvalue weighted by atomic mass is 127. The standard InChI is InChI=1S/C22H33N5S.HI/c1-23-22(24-17-20(26(2)3)16-18-8-5-4-6-9-18)25-19-11-13-27(14-12-19)21-10-7-15-28-21;/h4-10,15,19-20H,11-14,16-17H2,1-3H3,(H2,23,24,25);1H. The molecule has 2 N–H and O–H groups in total. The van der Waals surface area contributed by atoms with E-state index >= 15 is 0 Å². The number of nitrogens with zero attached hydrogens (tertiary/aromatic N) is 3. The maximum absolute atomic E-state index is 4.45. The van der Waals surface area contributed by atoms with Crippen LogP contribution in [0.3, 0.4) is 0 Å². The molecule has 1 atom stereocenters. The Labute approximate surface area is 196 Å². The summed E-state index contributed by atoms with van der Waals surface area (Å²) in [5.74, 6) is 0.912. The average molecular weight is 528 g/mol. The van der Waals surface area contributed by atoms with Crippen molar-refractivity contribution in [2.45, 2.75) is 31.3 Å². The first-order valence-corrected chi connectivity index (χ1v) is 11.0. The molecule has 29 heavy (non-hydrogen) atoms. The van der Waals surface area contributed by atoms with E-state index in [4.69, 9.17) is 0 Å². The number of nitrogens with one attached hydrogen (secondary N) is 2. The molecular weight excluding hydrogens is 493 g/mol. The third-order valence-corrected chi connectivity index (χ3v) is 6.36. The van der Waals surface area contributed by atoms with E-state index in [-0.39, 0.29) is 24.0 Å². The maximum atomic E-state index is 4.45. The van der Waals surface area contributed by atoms with Gasteiger partial charge in [-0.25, -0.2) is 0 Å². The third kappa shape index (κ3) is 7.46. The van der Waals surface area contributed by atoms with Gasteiger partial charge in [-0.05, 0) is 56.4 Å². The van der Waals surface area contributed by atoms with E-state index in [0.717, 1.165) is 44.9 Å². The SMILES string of the molecule is CN=C(NCC(Cc1ccccc1)N(C)C)NC1CCN(c2cccs2)CC1.I. The van der Waals surface area contributed by atoms with E-state index in [9.17, 15) is 0 Å². The van der Waals surface area contributed by atoms with Crippen LogP contribution in [0.15, 0.2) is 52.8 Å². The van der Waals surface area contributed by atoms with Gasteiger partial charge in [-0.2, -0.15) is 0 Å². The molecule has 1 aromatic heterocycles. The van der Waals surface area contributed by atoms with Crippen molar-refractivity contribution in [3.8, 4) is 0 Å². The minimum absolute atomic E-state index is 0. The Morgan fingerprint density at radius 1 is 1.17 bits per heavy atom. The third-order valence-electron chi connectivity index (χ3n) is 5.43. The molecule has 0 aliphatic carbocycles. The minimum Gasteiger partial charge on any atom is -0.363 e. The highest BCUT2D eigenvalue weighted by Gasteiger charge is 2.21. The predicted molar refractivity (Wildman–Crippen MR) is 137 cm³/mol. The van der Waals surface area contributed by atoms with Crippen LogP contribution >= 0.6 is 35.3 Å². The summed E-state index contributed by atoms with van der Waals surface area (Å²) in [6.07, 6.45) is 3.30. The van der Waals surface area contributed by atoms with Gasteiger partial charge in [-0.3, -0.25) is 4.99 Å². The number of benzene rings is 1. The fourth-order valence-electron chi connectivity index (χ4n) is 3.62. The molecule has 1 fully saturated rings. The van der Waals surface area contributed by atoms with Crippen molar-refractivity contribution in [3.63, 3.8) is 0 Å². The molecule has 0 spiro atoms. The summed E-state index contributed by atoms with van der Waals surface area (Å²) in [6.45, 7) is 3.07. The molecule has 0 amide bonds. The van der Waals surface area contributed by atoms with Gasteiger partial charge in [0.25, 0.3) is 0 Å². The van der Waals surface area contributed by atoms with Crippen molar-refractivity contribution >= 4 is 46.3 Å². The molecule has 1 aromatic carbocycles. The Morgan fingerprint density at radius 2 is 1.90 bits per heavy atom. The number of piperidine rings is 1. The molecular formula is C22H34IN5S. The zero-order valence-electron chi connectivity index (χ0n) is 17.7. The molecule has 1 unspecified atom stereocenters. The molecule has 0 bridgehead atoms. The van der Waals surface area contributed by atoms with E-state index < -0.39 is 0 Å². The van der Waals surface area contributed by atoms with Crippen LogP contribution in [0.25, 0.3) is 0 Å². The predicted octanol–water partition coefficient (Wildman–Crippen LogP) is 3.67. The van der Waals surface area contributed by atoms with Crippen LogP contribution < -0.4 is 15.5 Å². The first-order chi connectivity index (χ1) is 13.7. The largest absolute Gasteiger partial charge is 0.363 e. The van der Waals surface area contributed by atoms with Gasteiger partial charge >= 0.3 is 0 Å². The lowest BCUT2D eigenvalue weighted by Crippen LogP contribution is -2.51. The zero-order chi connectivity index (χ0) is 19.8. The molecule has 1 aliphatic heterocycles. The number of halogens is 1. The van der Waals surface area contributed by atoms with Gasteiger partial charge < -0.3 is 20.4 Å². The molecule has 0 saturated carbocycles. The summed E-state index contributed by atoms with van der Waals surface area (Å²) in [5.41, 5.74) is 1.37. The van der Waals surface area contributed by atoms with Crippen molar-refractivity contribution in [2.75, 3.05) is 45.7 Å². The molecule has 0 radical (unpaired) electrons. The van der Waals surface area contributed by atoms with Crippen molar-refractivity contribution in [3.05, 3.63) is 53.4 Å². The number of rotatable bonds is 7. The van der Waals surface area contributed by atoms with Gasteiger partial charge in [0, 0.05) is 38.8 Å². The molecule has 160 valence electrons. The van der Waals surface area contributed by atoms with E-state index in [1.807, 2.05) is 18.4 Å². The van der Waals surface area contributed by atoms with E-state index in [1.54, 1.807) is 0 Å². The second kappa shape index (κ2) is 12.4. The van der Waals surface area contributed by atoms with Crippen LogP contribution in [0.4, 0.5) is 5.00 Å². The smallest absolute Gasteiger partial charge is 0.191 e. The fraction of sp³-hybridized carbons (Fsp3) is 0.500. The summed E-state index contributed by atoms with van der Waals surface area (Å²) in [4.78, 5) is 9.23. The Bertz CT molecular complexity index is 712. The normalized spacial score (nSPS) is 16.4. The average Bonchev–Trinajstić information content (AvgIpc) is 3.26. The summed E-state index contributed by atoms with van der Waals surface area (Å²) >= 11 is 1.83. The second-order valence-corrected chi connectivity index (χ2v) is 8.54. The van der Waals surface area contributed by atoms with Crippen LogP contribution in [0.2, 0.25) is 0 Å². The summed E-state index contributed by atoms with van der Waals surface area (Å²) in [5, 5.41) is 10.7. The second-order valence-electron chi connectivity index (χ2n) is 7.62. The number of aliphatic imine (C=N–C) groups is 1. The first kappa shape index (κ1) is 24.0. The summed E-state index contributed by atoms with van der Waals surface area (Å²) in [7, 11) is 6.15. The Hall–Kier alpha value is -1.32. The zero-order valence-corrected chi connectivity index (χ0v) is 20.8. The molecule has 2 heterocycles. The Morgan fingerprint density at radius 3 is 2.48 bits per heavy atom. The number of hydrogen-bond acceptors (Lipinski definition) is 4. The van der Waals surface area contributed by atoms with Crippen LogP contribution in [-0.2, 0) is 6.42 Å². The molecule has 2 aromatic rings. The molecule has 7 heteroatoms. The van der Waals surface area contributed by atoms with Gasteiger partial charge in [-0.1, -0.05) is 30.3 Å². The number of anilines is 1. The van der Waals surface area contributed by atoms with Crippen LogP contribution in [0, 0.1) is 0 Å². The number of thiophene rings is 1.